The van der Waals surface area contributed by atoms with Crippen molar-refractivity contribution < 1.29 is 18.0 Å². The Bertz CT molecular complexity index is 999. The van der Waals surface area contributed by atoms with Crippen LogP contribution in [0.2, 0.25) is 0 Å². The van der Waals surface area contributed by atoms with Gasteiger partial charge in [0.1, 0.15) is 9.46 Å². The largest absolute Gasteiger partial charge is 0.326 e. The van der Waals surface area contributed by atoms with E-state index in [1.807, 2.05) is 19.1 Å². The van der Waals surface area contributed by atoms with Gasteiger partial charge in [-0.1, -0.05) is 35.5 Å². The Morgan fingerprint density at radius 3 is 2.57 bits per heavy atom. The van der Waals surface area contributed by atoms with Crippen molar-refractivity contribution in [3.05, 3.63) is 47.3 Å². The number of thiophene rings is 1. The van der Waals surface area contributed by atoms with Crippen LogP contribution in [0.4, 0.5) is 5.69 Å². The van der Waals surface area contributed by atoms with Gasteiger partial charge in [-0.05, 0) is 37.4 Å². The number of rotatable bonds is 6. The number of carbonyl (C=O) groups excluding carboxylic acids is 2. The van der Waals surface area contributed by atoms with Crippen LogP contribution in [0.15, 0.2) is 50.4 Å². The molecule has 148 valence electrons. The van der Waals surface area contributed by atoms with E-state index in [0.717, 1.165) is 28.7 Å². The molecule has 0 aliphatic carbocycles. The van der Waals surface area contributed by atoms with Gasteiger partial charge in [0.05, 0.1) is 0 Å². The van der Waals surface area contributed by atoms with Crippen molar-refractivity contribution in [2.45, 2.75) is 29.7 Å². The summed E-state index contributed by atoms with van der Waals surface area (Å²) in [5.41, 5.74) is 1.72. The Kier molecular flexibility index (Phi) is 6.21. The van der Waals surface area contributed by atoms with Crippen LogP contribution in [0.25, 0.3) is 0 Å². The molecule has 1 saturated heterocycles. The third-order valence-electron chi connectivity index (χ3n) is 3.99. The Hall–Kier alpha value is -2.17. The van der Waals surface area contributed by atoms with Gasteiger partial charge < -0.3 is 5.32 Å². The second-order valence-corrected chi connectivity index (χ2v) is 10.0. The first-order chi connectivity index (χ1) is 13.3. The fraction of sp³-hybridized carbons (Fsp3) is 0.278. The minimum Gasteiger partial charge on any atom is -0.326 e. The van der Waals surface area contributed by atoms with Crippen molar-refractivity contribution in [2.24, 2.45) is 4.40 Å². The molecule has 3 rings (SSSR count). The number of aryl methyl sites for hydroxylation is 1. The monoisotopic (exact) mass is 437 g/mol. The van der Waals surface area contributed by atoms with Crippen molar-refractivity contribution in [1.29, 1.82) is 0 Å². The lowest BCUT2D eigenvalue weighted by atomic mass is 10.2. The van der Waals surface area contributed by atoms with Crippen molar-refractivity contribution in [3.63, 3.8) is 0 Å². The molecule has 0 bridgehead atoms. The van der Waals surface area contributed by atoms with Crippen molar-refractivity contribution >= 4 is 55.8 Å². The highest BCUT2D eigenvalue weighted by Crippen LogP contribution is 2.31. The summed E-state index contributed by atoms with van der Waals surface area (Å²) >= 11 is 2.07. The van der Waals surface area contributed by atoms with Gasteiger partial charge in [0, 0.05) is 18.7 Å². The Morgan fingerprint density at radius 2 is 1.96 bits per heavy atom. The molecule has 1 aromatic heterocycles. The van der Waals surface area contributed by atoms with Crippen molar-refractivity contribution in [2.75, 3.05) is 11.9 Å². The number of hydrogen-bond donors (Lipinski definition) is 1. The van der Waals surface area contributed by atoms with Crippen LogP contribution in [-0.2, 0) is 19.6 Å². The van der Waals surface area contributed by atoms with Gasteiger partial charge >= 0.3 is 0 Å². The highest BCUT2D eigenvalue weighted by molar-refractivity contribution is 8.16. The number of amidine groups is 1. The molecule has 2 heterocycles. The van der Waals surface area contributed by atoms with E-state index >= 15 is 0 Å². The normalized spacial score (nSPS) is 18.6. The zero-order valence-electron chi connectivity index (χ0n) is 15.3. The number of nitrogens with zero attached hydrogens (tertiary/aromatic N) is 2. The van der Waals surface area contributed by atoms with Crippen LogP contribution in [0.1, 0.15) is 18.9 Å². The Morgan fingerprint density at radius 1 is 1.25 bits per heavy atom. The summed E-state index contributed by atoms with van der Waals surface area (Å²) in [6.07, 6.45) is -0.0635. The number of sulfonamides is 1. The van der Waals surface area contributed by atoms with Crippen LogP contribution >= 0.6 is 23.1 Å². The lowest BCUT2D eigenvalue weighted by Crippen LogP contribution is -2.33. The van der Waals surface area contributed by atoms with Gasteiger partial charge in [-0.15, -0.1) is 15.7 Å². The molecule has 1 fully saturated rings. The third kappa shape index (κ3) is 4.62. The molecule has 1 N–H and O–H groups in total. The molecule has 1 aliphatic rings. The van der Waals surface area contributed by atoms with Crippen molar-refractivity contribution in [3.8, 4) is 0 Å². The molecule has 1 aliphatic heterocycles. The molecule has 1 aromatic carbocycles. The topological polar surface area (TPSA) is 95.9 Å². The lowest BCUT2D eigenvalue weighted by Gasteiger charge is -2.13. The predicted molar refractivity (Wildman–Crippen MR) is 112 cm³/mol. The molecule has 2 amide bonds. The minimum atomic E-state index is -3.88. The number of carbonyl (C=O) groups is 2. The number of benzene rings is 1. The number of nitrogens with one attached hydrogen (secondary N) is 1. The zero-order chi connectivity index (χ0) is 20.3. The standard InChI is InChI=1S/C18H19N3O4S3/c1-3-21-17(23)14(11-15(22)19-13-8-6-12(2)7-9-13)27-18(21)20-28(24,25)16-5-4-10-26-16/h4-10,14H,3,11H2,1-2H3,(H,19,22)/t14-/m1/s1. The summed E-state index contributed by atoms with van der Waals surface area (Å²) in [5, 5.41) is 3.80. The third-order valence-corrected chi connectivity index (χ3v) is 7.92. The van der Waals surface area contributed by atoms with Crippen LogP contribution < -0.4 is 5.32 Å². The first-order valence-electron chi connectivity index (χ1n) is 8.53. The number of thioether (sulfide) groups is 1. The molecule has 2 aromatic rings. The maximum absolute atomic E-state index is 12.6. The molecular weight excluding hydrogens is 418 g/mol. The van der Waals surface area contributed by atoms with E-state index in [2.05, 4.69) is 9.71 Å². The summed E-state index contributed by atoms with van der Waals surface area (Å²) in [6, 6.07) is 10.4. The predicted octanol–water partition coefficient (Wildman–Crippen LogP) is 3.09. The maximum atomic E-state index is 12.6. The van der Waals surface area contributed by atoms with E-state index in [0.29, 0.717) is 5.69 Å². The molecule has 28 heavy (non-hydrogen) atoms. The van der Waals surface area contributed by atoms with Gasteiger partial charge in [0.15, 0.2) is 5.17 Å². The molecule has 0 unspecified atom stereocenters. The van der Waals surface area contributed by atoms with Gasteiger partial charge in [-0.3, -0.25) is 14.5 Å². The van der Waals surface area contributed by atoms with Crippen LogP contribution in [-0.4, -0.2) is 42.1 Å². The number of anilines is 1. The molecule has 0 radical (unpaired) electrons. The summed E-state index contributed by atoms with van der Waals surface area (Å²) in [6.45, 7) is 3.96. The summed E-state index contributed by atoms with van der Waals surface area (Å²) in [4.78, 5) is 26.2. The van der Waals surface area contributed by atoms with E-state index in [1.54, 1.807) is 30.5 Å². The van der Waals surface area contributed by atoms with Gasteiger partial charge in [0.2, 0.25) is 11.8 Å². The highest BCUT2D eigenvalue weighted by atomic mass is 32.2. The fourth-order valence-electron chi connectivity index (χ4n) is 2.58. The maximum Gasteiger partial charge on any atom is 0.294 e. The van der Waals surface area contributed by atoms with E-state index in [1.165, 1.54) is 11.0 Å². The van der Waals surface area contributed by atoms with Crippen LogP contribution in [0, 0.1) is 6.92 Å². The average molecular weight is 438 g/mol. The smallest absolute Gasteiger partial charge is 0.294 e. The highest BCUT2D eigenvalue weighted by Gasteiger charge is 2.39. The fourth-order valence-corrected chi connectivity index (χ4v) is 5.96. The number of hydrogen-bond acceptors (Lipinski definition) is 6. The second kappa shape index (κ2) is 8.46. The minimum absolute atomic E-state index is 0.0635. The van der Waals surface area contributed by atoms with Gasteiger partial charge in [-0.25, -0.2) is 0 Å². The first-order valence-corrected chi connectivity index (χ1v) is 11.7. The molecule has 7 nitrogen and oxygen atoms in total. The van der Waals surface area contributed by atoms with E-state index in [4.69, 9.17) is 0 Å². The molecular formula is C18H19N3O4S3. The first kappa shape index (κ1) is 20.6. The van der Waals surface area contributed by atoms with Gasteiger partial charge in [-0.2, -0.15) is 8.42 Å². The molecule has 0 spiro atoms. The molecule has 10 heteroatoms. The summed E-state index contributed by atoms with van der Waals surface area (Å²) in [5.74, 6) is -0.625. The number of amides is 2. The molecule has 0 saturated carbocycles. The SMILES string of the molecule is CCN1C(=O)[C@@H](CC(=O)Nc2ccc(C)cc2)SC1=NS(=O)(=O)c1cccs1. The van der Waals surface area contributed by atoms with Crippen LogP contribution in [0.3, 0.4) is 0 Å². The average Bonchev–Trinajstić information content (AvgIpc) is 3.27. The zero-order valence-corrected chi connectivity index (χ0v) is 17.7. The quantitative estimate of drug-likeness (QED) is 0.749. The Labute approximate surface area is 171 Å². The lowest BCUT2D eigenvalue weighted by molar-refractivity contribution is -0.128. The van der Waals surface area contributed by atoms with Crippen molar-refractivity contribution in [1.82, 2.24) is 4.90 Å². The second-order valence-electron chi connectivity index (χ2n) is 6.09. The summed E-state index contributed by atoms with van der Waals surface area (Å²) < 4.78 is 28.8. The molecule has 1 atom stereocenters. The van der Waals surface area contributed by atoms with E-state index in [9.17, 15) is 18.0 Å². The van der Waals surface area contributed by atoms with Crippen LogP contribution in [0.5, 0.6) is 0 Å². The Balaban J connectivity index is 1.73. The van der Waals surface area contributed by atoms with Gasteiger partial charge in [0.25, 0.3) is 10.0 Å². The van der Waals surface area contributed by atoms with E-state index < -0.39 is 15.3 Å². The summed E-state index contributed by atoms with van der Waals surface area (Å²) in [7, 11) is -3.88. The van der Waals surface area contributed by atoms with E-state index in [-0.39, 0.29) is 34.2 Å².